The minimum atomic E-state index is 0.0675. The average molecular weight is 373 g/mol. The minimum absolute atomic E-state index is 0.0675. The Bertz CT molecular complexity index is 352. The lowest BCUT2D eigenvalue weighted by Crippen LogP contribution is -2.03. The third-order valence-corrected chi connectivity index (χ3v) is 3.26. The molecular weight excluding hydrogens is 366 g/mol. The van der Waals surface area contributed by atoms with Crippen molar-refractivity contribution >= 4 is 55.9 Å². The highest BCUT2D eigenvalue weighted by molar-refractivity contribution is 14.1. The van der Waals surface area contributed by atoms with E-state index in [0.717, 1.165) is 9.13 Å². The van der Waals surface area contributed by atoms with Crippen molar-refractivity contribution in [3.8, 4) is 0 Å². The van der Waals surface area contributed by atoms with Gasteiger partial charge in [-0.25, -0.2) is 0 Å². The van der Waals surface area contributed by atoms with E-state index in [4.69, 9.17) is 11.6 Å². The van der Waals surface area contributed by atoms with Crippen molar-refractivity contribution in [2.45, 2.75) is 6.92 Å². The van der Waals surface area contributed by atoms with E-state index < -0.39 is 0 Å². The van der Waals surface area contributed by atoms with Crippen LogP contribution in [0.3, 0.4) is 0 Å². The Balaban J connectivity index is 3.28. The Kier molecular flexibility index (Phi) is 4.19. The molecule has 0 amide bonds. The second-order valence-electron chi connectivity index (χ2n) is 2.62. The van der Waals surface area contributed by atoms with Crippen molar-refractivity contribution in [1.29, 1.82) is 0 Å². The first-order valence-corrected chi connectivity index (χ1v) is 6.19. The smallest absolute Gasteiger partial charge is 0.173 e. The van der Waals surface area contributed by atoms with Gasteiger partial charge in [0, 0.05) is 14.2 Å². The second-order valence-corrected chi connectivity index (χ2v) is 4.83. The molecule has 13 heavy (non-hydrogen) atoms. The SMILES string of the molecule is Cc1c(Cl)cc(I)cc1C(=O)CBr. The van der Waals surface area contributed by atoms with E-state index in [0.29, 0.717) is 15.9 Å². The van der Waals surface area contributed by atoms with E-state index in [1.165, 1.54) is 0 Å². The Morgan fingerprint density at radius 1 is 1.62 bits per heavy atom. The Labute approximate surface area is 104 Å². The summed E-state index contributed by atoms with van der Waals surface area (Å²) < 4.78 is 0.984. The topological polar surface area (TPSA) is 17.1 Å². The number of hydrogen-bond acceptors (Lipinski definition) is 1. The number of carbonyl (C=O) groups is 1. The van der Waals surface area contributed by atoms with Crippen LogP contribution in [0.4, 0.5) is 0 Å². The molecule has 0 spiro atoms. The van der Waals surface area contributed by atoms with Crippen LogP contribution >= 0.6 is 50.1 Å². The van der Waals surface area contributed by atoms with E-state index in [2.05, 4.69) is 38.5 Å². The van der Waals surface area contributed by atoms with E-state index in [9.17, 15) is 4.79 Å². The van der Waals surface area contributed by atoms with Gasteiger partial charge in [-0.1, -0.05) is 27.5 Å². The fourth-order valence-electron chi connectivity index (χ4n) is 1.01. The Hall–Kier alpha value is 0.390. The predicted molar refractivity (Wildman–Crippen MR) is 67.0 cm³/mol. The van der Waals surface area contributed by atoms with Crippen molar-refractivity contribution in [2.75, 3.05) is 5.33 Å². The van der Waals surface area contributed by atoms with Gasteiger partial charge in [0.05, 0.1) is 5.33 Å². The summed E-state index contributed by atoms with van der Waals surface area (Å²) in [4.78, 5) is 11.4. The second kappa shape index (κ2) is 4.75. The van der Waals surface area contributed by atoms with Crippen LogP contribution in [0.15, 0.2) is 12.1 Å². The van der Waals surface area contributed by atoms with E-state index in [1.807, 2.05) is 19.1 Å². The van der Waals surface area contributed by atoms with Gasteiger partial charge in [-0.15, -0.1) is 0 Å². The van der Waals surface area contributed by atoms with Gasteiger partial charge in [-0.3, -0.25) is 4.79 Å². The van der Waals surface area contributed by atoms with Gasteiger partial charge in [0.1, 0.15) is 0 Å². The number of ketones is 1. The molecular formula is C9H7BrClIO. The molecule has 70 valence electrons. The van der Waals surface area contributed by atoms with Crippen LogP contribution in [0.1, 0.15) is 15.9 Å². The third-order valence-electron chi connectivity index (χ3n) is 1.73. The largest absolute Gasteiger partial charge is 0.293 e. The first-order chi connectivity index (χ1) is 6.06. The van der Waals surface area contributed by atoms with Crippen LogP contribution in [0, 0.1) is 10.5 Å². The molecule has 1 nitrogen and oxygen atoms in total. The normalized spacial score (nSPS) is 10.2. The van der Waals surface area contributed by atoms with Gasteiger partial charge < -0.3 is 0 Å². The summed E-state index contributed by atoms with van der Waals surface area (Å²) >= 11 is 11.2. The molecule has 0 radical (unpaired) electrons. The summed E-state index contributed by atoms with van der Waals surface area (Å²) in [6, 6.07) is 3.70. The molecule has 0 aliphatic rings. The highest BCUT2D eigenvalue weighted by atomic mass is 127. The van der Waals surface area contributed by atoms with Crippen molar-refractivity contribution in [1.82, 2.24) is 0 Å². The molecule has 0 atom stereocenters. The molecule has 0 saturated heterocycles. The number of benzene rings is 1. The highest BCUT2D eigenvalue weighted by Crippen LogP contribution is 2.23. The van der Waals surface area contributed by atoms with Gasteiger partial charge in [-0.2, -0.15) is 0 Å². The molecule has 0 N–H and O–H groups in total. The molecule has 1 rings (SSSR count). The molecule has 1 aromatic rings. The quantitative estimate of drug-likeness (QED) is 0.437. The molecule has 0 aromatic heterocycles. The molecule has 0 bridgehead atoms. The van der Waals surface area contributed by atoms with Gasteiger partial charge in [0.2, 0.25) is 0 Å². The van der Waals surface area contributed by atoms with Gasteiger partial charge in [-0.05, 0) is 47.2 Å². The zero-order valence-corrected chi connectivity index (χ0v) is 11.4. The molecule has 1 aromatic carbocycles. The summed E-state index contributed by atoms with van der Waals surface area (Å²) in [6.07, 6.45) is 0. The molecule has 0 aliphatic heterocycles. The van der Waals surface area contributed by atoms with Crippen LogP contribution in [-0.2, 0) is 0 Å². The molecule has 0 unspecified atom stereocenters. The average Bonchev–Trinajstić information content (AvgIpc) is 2.10. The summed E-state index contributed by atoms with van der Waals surface area (Å²) in [7, 11) is 0. The minimum Gasteiger partial charge on any atom is -0.293 e. The molecule has 0 saturated carbocycles. The Morgan fingerprint density at radius 2 is 2.23 bits per heavy atom. The van der Waals surface area contributed by atoms with Crippen molar-refractivity contribution < 1.29 is 4.79 Å². The molecule has 0 fully saturated rings. The fraction of sp³-hybridized carbons (Fsp3) is 0.222. The van der Waals surface area contributed by atoms with Gasteiger partial charge in [0.15, 0.2) is 5.78 Å². The zero-order valence-electron chi connectivity index (χ0n) is 6.90. The Morgan fingerprint density at radius 3 is 2.77 bits per heavy atom. The van der Waals surface area contributed by atoms with Crippen molar-refractivity contribution in [2.24, 2.45) is 0 Å². The van der Waals surface area contributed by atoms with Crippen LogP contribution < -0.4 is 0 Å². The number of alkyl halides is 1. The summed E-state index contributed by atoms with van der Waals surface area (Å²) in [6.45, 7) is 1.86. The zero-order chi connectivity index (χ0) is 10.0. The maximum Gasteiger partial charge on any atom is 0.173 e. The van der Waals surface area contributed by atoms with E-state index >= 15 is 0 Å². The summed E-state index contributed by atoms with van der Waals surface area (Å²) in [5, 5.41) is 0.987. The van der Waals surface area contributed by atoms with E-state index in [1.54, 1.807) is 0 Å². The number of carbonyl (C=O) groups excluding carboxylic acids is 1. The number of halogens is 3. The highest BCUT2D eigenvalue weighted by Gasteiger charge is 2.10. The number of Topliss-reactive ketones (excluding diaryl/α,β-unsaturated/α-hetero) is 1. The van der Waals surface area contributed by atoms with Crippen molar-refractivity contribution in [3.05, 3.63) is 31.9 Å². The maximum atomic E-state index is 11.4. The lowest BCUT2D eigenvalue weighted by atomic mass is 10.1. The number of rotatable bonds is 2. The summed E-state index contributed by atoms with van der Waals surface area (Å²) in [5.74, 6) is 0.0675. The van der Waals surface area contributed by atoms with E-state index in [-0.39, 0.29) is 5.78 Å². The van der Waals surface area contributed by atoms with Crippen molar-refractivity contribution in [3.63, 3.8) is 0 Å². The fourth-order valence-corrected chi connectivity index (χ4v) is 2.34. The summed E-state index contributed by atoms with van der Waals surface area (Å²) in [5.41, 5.74) is 1.56. The molecule has 0 heterocycles. The standard InChI is InChI=1S/C9H7BrClIO/c1-5-7(9(13)4-10)2-6(12)3-8(5)11/h2-3H,4H2,1H3. The van der Waals surface area contributed by atoms with Crippen LogP contribution in [0.5, 0.6) is 0 Å². The van der Waals surface area contributed by atoms with Crippen LogP contribution in [0.25, 0.3) is 0 Å². The van der Waals surface area contributed by atoms with Crippen LogP contribution in [0.2, 0.25) is 5.02 Å². The maximum absolute atomic E-state index is 11.4. The third kappa shape index (κ3) is 2.67. The van der Waals surface area contributed by atoms with Gasteiger partial charge in [0.25, 0.3) is 0 Å². The lowest BCUT2D eigenvalue weighted by Gasteiger charge is -2.05. The molecule has 4 heteroatoms. The lowest BCUT2D eigenvalue weighted by molar-refractivity contribution is 0.102. The number of hydrogen-bond donors (Lipinski definition) is 0. The first-order valence-electron chi connectivity index (χ1n) is 3.61. The monoisotopic (exact) mass is 372 g/mol. The molecule has 0 aliphatic carbocycles. The van der Waals surface area contributed by atoms with Gasteiger partial charge >= 0.3 is 0 Å². The van der Waals surface area contributed by atoms with Crippen LogP contribution in [-0.4, -0.2) is 11.1 Å². The predicted octanol–water partition coefficient (Wildman–Crippen LogP) is 3.83. The first kappa shape index (κ1) is 11.5.